The van der Waals surface area contributed by atoms with Crippen LogP contribution >= 0.6 is 7.60 Å². The second kappa shape index (κ2) is 10.7. The summed E-state index contributed by atoms with van der Waals surface area (Å²) in [5.74, 6) is -2.37. The SMILES string of the molecule is CC(C)c1ccc(C(N[C@@H](C)C(=O)N[C@@H](Cc2ccccc2)C(N)=O)P(=O)(O)O)cc1. The molecule has 2 amide bonds. The Morgan fingerprint density at radius 2 is 1.52 bits per heavy atom. The Morgan fingerprint density at radius 1 is 0.968 bits per heavy atom. The third kappa shape index (κ3) is 7.29. The largest absolute Gasteiger partial charge is 0.368 e. The fraction of sp³-hybridized carbons (Fsp3) is 0.364. The number of carbonyl (C=O) groups is 2. The van der Waals surface area contributed by atoms with Crippen LogP contribution in [0.4, 0.5) is 0 Å². The molecule has 8 nitrogen and oxygen atoms in total. The van der Waals surface area contributed by atoms with E-state index >= 15 is 0 Å². The lowest BCUT2D eigenvalue weighted by Gasteiger charge is -2.25. The van der Waals surface area contributed by atoms with Crippen molar-refractivity contribution in [3.05, 3.63) is 71.3 Å². The molecule has 0 aliphatic carbocycles. The Balaban J connectivity index is 2.12. The summed E-state index contributed by atoms with van der Waals surface area (Å²) in [5, 5.41) is 5.27. The van der Waals surface area contributed by atoms with Gasteiger partial charge in [0.1, 0.15) is 11.8 Å². The van der Waals surface area contributed by atoms with Gasteiger partial charge in [-0.2, -0.15) is 0 Å². The van der Waals surface area contributed by atoms with Crippen molar-refractivity contribution in [2.45, 2.75) is 51.0 Å². The Hall–Kier alpha value is -2.51. The first-order chi connectivity index (χ1) is 14.5. The first-order valence-electron chi connectivity index (χ1n) is 10.0. The van der Waals surface area contributed by atoms with E-state index in [1.54, 1.807) is 24.3 Å². The maximum absolute atomic E-state index is 12.7. The van der Waals surface area contributed by atoms with Crippen LogP contribution in [0.2, 0.25) is 0 Å². The van der Waals surface area contributed by atoms with Gasteiger partial charge in [0.25, 0.3) is 0 Å². The van der Waals surface area contributed by atoms with E-state index in [-0.39, 0.29) is 12.3 Å². The lowest BCUT2D eigenvalue weighted by molar-refractivity contribution is -0.128. The van der Waals surface area contributed by atoms with Gasteiger partial charge in [0.05, 0.1) is 6.04 Å². The number of amides is 2. The van der Waals surface area contributed by atoms with Crippen molar-refractivity contribution in [3.8, 4) is 0 Å². The molecule has 1 unspecified atom stereocenters. The zero-order valence-corrected chi connectivity index (χ0v) is 18.8. The number of nitrogens with two attached hydrogens (primary N) is 1. The van der Waals surface area contributed by atoms with Gasteiger partial charge in [-0.05, 0) is 29.5 Å². The number of hydrogen-bond acceptors (Lipinski definition) is 4. The molecule has 0 aliphatic heterocycles. The highest BCUT2D eigenvalue weighted by Crippen LogP contribution is 2.50. The van der Waals surface area contributed by atoms with Crippen LogP contribution in [0.3, 0.4) is 0 Å². The summed E-state index contributed by atoms with van der Waals surface area (Å²) in [6.07, 6.45) is 0.215. The van der Waals surface area contributed by atoms with Crippen LogP contribution in [0.5, 0.6) is 0 Å². The molecular formula is C22H30N3O5P. The van der Waals surface area contributed by atoms with E-state index in [0.29, 0.717) is 5.56 Å². The molecule has 0 bridgehead atoms. The highest BCUT2D eigenvalue weighted by Gasteiger charge is 2.33. The molecule has 0 saturated heterocycles. The van der Waals surface area contributed by atoms with Crippen molar-refractivity contribution in [2.24, 2.45) is 5.73 Å². The molecule has 0 aromatic heterocycles. The monoisotopic (exact) mass is 447 g/mol. The lowest BCUT2D eigenvalue weighted by Crippen LogP contribution is -2.52. The summed E-state index contributed by atoms with van der Waals surface area (Å²) >= 11 is 0. The quantitative estimate of drug-likeness (QED) is 0.354. The summed E-state index contributed by atoms with van der Waals surface area (Å²) in [5.41, 5.74) is 7.66. The van der Waals surface area contributed by atoms with Gasteiger partial charge in [-0.3, -0.25) is 19.5 Å². The second-order valence-electron chi connectivity index (χ2n) is 7.85. The number of carbonyl (C=O) groups excluding carboxylic acids is 2. The molecule has 0 aliphatic rings. The molecule has 0 fully saturated rings. The predicted octanol–water partition coefficient (Wildman–Crippen LogP) is 2.18. The fourth-order valence-electron chi connectivity index (χ4n) is 3.13. The predicted molar refractivity (Wildman–Crippen MR) is 119 cm³/mol. The number of primary amides is 1. The van der Waals surface area contributed by atoms with E-state index in [4.69, 9.17) is 5.73 Å². The zero-order valence-electron chi connectivity index (χ0n) is 17.9. The molecule has 0 radical (unpaired) electrons. The van der Waals surface area contributed by atoms with Gasteiger partial charge in [0.15, 0.2) is 0 Å². The lowest BCUT2D eigenvalue weighted by atomic mass is 10.0. The zero-order chi connectivity index (χ0) is 23.2. The number of nitrogens with one attached hydrogen (secondary N) is 2. The molecule has 0 saturated carbocycles. The van der Waals surface area contributed by atoms with Crippen LogP contribution in [0, 0.1) is 0 Å². The van der Waals surface area contributed by atoms with E-state index < -0.39 is 37.3 Å². The highest BCUT2D eigenvalue weighted by molar-refractivity contribution is 7.52. The van der Waals surface area contributed by atoms with Gasteiger partial charge in [-0.15, -0.1) is 0 Å². The van der Waals surface area contributed by atoms with E-state index in [0.717, 1.165) is 11.1 Å². The first kappa shape index (κ1) is 24.8. The van der Waals surface area contributed by atoms with Gasteiger partial charge < -0.3 is 20.8 Å². The fourth-order valence-corrected chi connectivity index (χ4v) is 4.11. The van der Waals surface area contributed by atoms with Crippen LogP contribution < -0.4 is 16.4 Å². The summed E-state index contributed by atoms with van der Waals surface area (Å²) < 4.78 is 12.1. The van der Waals surface area contributed by atoms with Crippen molar-refractivity contribution < 1.29 is 23.9 Å². The Kier molecular flexibility index (Phi) is 8.53. The molecule has 0 spiro atoms. The minimum Gasteiger partial charge on any atom is -0.368 e. The Labute approximate surface area is 182 Å². The Bertz CT molecular complexity index is 928. The molecule has 2 rings (SSSR count). The topological polar surface area (TPSA) is 142 Å². The van der Waals surface area contributed by atoms with Crippen molar-refractivity contribution in [1.29, 1.82) is 0 Å². The van der Waals surface area contributed by atoms with E-state index in [9.17, 15) is 23.9 Å². The molecule has 0 heterocycles. The maximum atomic E-state index is 12.7. The van der Waals surface area contributed by atoms with Gasteiger partial charge in [0.2, 0.25) is 11.8 Å². The molecule has 9 heteroatoms. The molecule has 168 valence electrons. The number of rotatable bonds is 10. The van der Waals surface area contributed by atoms with Crippen molar-refractivity contribution in [2.75, 3.05) is 0 Å². The number of hydrogen-bond donors (Lipinski definition) is 5. The summed E-state index contributed by atoms with van der Waals surface area (Å²) in [7, 11) is -4.62. The van der Waals surface area contributed by atoms with Gasteiger partial charge in [0, 0.05) is 6.42 Å². The smallest absolute Gasteiger partial charge is 0.346 e. The van der Waals surface area contributed by atoms with Crippen molar-refractivity contribution >= 4 is 19.4 Å². The minimum atomic E-state index is -4.62. The first-order valence-corrected chi connectivity index (χ1v) is 11.7. The van der Waals surface area contributed by atoms with Gasteiger partial charge in [-0.25, -0.2) is 0 Å². The second-order valence-corrected chi connectivity index (χ2v) is 9.55. The molecule has 31 heavy (non-hydrogen) atoms. The standard InChI is InChI=1S/C22H30N3O5P/c1-14(2)17-9-11-18(12-10-17)22(31(28,29)30)24-15(3)21(27)25-19(20(23)26)13-16-7-5-4-6-8-16/h4-12,14-15,19,22,24H,13H2,1-3H3,(H2,23,26)(H,25,27)(H2,28,29,30)/t15-,19-,22?/m0/s1. The minimum absolute atomic E-state index is 0.215. The average Bonchev–Trinajstić information content (AvgIpc) is 2.71. The highest BCUT2D eigenvalue weighted by atomic mass is 31.2. The number of benzene rings is 2. The molecule has 3 atom stereocenters. The van der Waals surface area contributed by atoms with E-state index in [1.165, 1.54) is 6.92 Å². The normalized spacial score (nSPS) is 14.6. The van der Waals surface area contributed by atoms with Crippen LogP contribution in [0.1, 0.15) is 49.2 Å². The average molecular weight is 447 g/mol. The molecule has 6 N–H and O–H groups in total. The van der Waals surface area contributed by atoms with E-state index in [2.05, 4.69) is 10.6 Å². The summed E-state index contributed by atoms with van der Waals surface area (Å²) in [6.45, 7) is 5.51. The van der Waals surface area contributed by atoms with Crippen LogP contribution in [-0.4, -0.2) is 33.7 Å². The Morgan fingerprint density at radius 3 is 2.00 bits per heavy atom. The maximum Gasteiger partial charge on any atom is 0.346 e. The molecule has 2 aromatic rings. The van der Waals surface area contributed by atoms with Gasteiger partial charge in [-0.1, -0.05) is 68.4 Å². The van der Waals surface area contributed by atoms with Crippen molar-refractivity contribution in [1.82, 2.24) is 10.6 Å². The molecule has 2 aromatic carbocycles. The van der Waals surface area contributed by atoms with E-state index in [1.807, 2.05) is 44.2 Å². The third-order valence-electron chi connectivity index (χ3n) is 5.00. The van der Waals surface area contributed by atoms with Crippen molar-refractivity contribution in [3.63, 3.8) is 0 Å². The molecular weight excluding hydrogens is 417 g/mol. The third-order valence-corrected chi connectivity index (χ3v) is 6.12. The van der Waals surface area contributed by atoms with Crippen LogP contribution in [-0.2, 0) is 20.6 Å². The summed E-state index contributed by atoms with van der Waals surface area (Å²) in [6, 6.07) is 14.0. The van der Waals surface area contributed by atoms with Crippen LogP contribution in [0.25, 0.3) is 0 Å². The summed E-state index contributed by atoms with van der Waals surface area (Å²) in [4.78, 5) is 44.2. The van der Waals surface area contributed by atoms with Gasteiger partial charge >= 0.3 is 7.60 Å². The van der Waals surface area contributed by atoms with Crippen LogP contribution in [0.15, 0.2) is 54.6 Å².